The Bertz CT molecular complexity index is 762. The minimum absolute atomic E-state index is 0.342. The zero-order chi connectivity index (χ0) is 14.1. The highest BCUT2D eigenvalue weighted by molar-refractivity contribution is 5.97. The van der Waals surface area contributed by atoms with Gasteiger partial charge < -0.3 is 15.5 Å². The molecule has 3 N–H and O–H groups in total. The summed E-state index contributed by atoms with van der Waals surface area (Å²) in [6.45, 7) is 0. The maximum absolute atomic E-state index is 11.4. The molecule has 1 amide bonds. The average molecular weight is 268 g/mol. The van der Waals surface area contributed by atoms with Crippen molar-refractivity contribution in [2.75, 3.05) is 7.11 Å². The smallest absolute Gasteiger partial charge is 0.252 e. The Labute approximate surface area is 114 Å². The SMILES string of the molecule is COc1ccc(-c2cc3ncncc3[nH]2)cc1C(N)=O. The molecule has 2 heterocycles. The zero-order valence-electron chi connectivity index (χ0n) is 10.8. The van der Waals surface area contributed by atoms with Gasteiger partial charge in [0.05, 0.1) is 29.9 Å². The van der Waals surface area contributed by atoms with Gasteiger partial charge in [-0.3, -0.25) is 4.79 Å². The predicted molar refractivity (Wildman–Crippen MR) is 74.4 cm³/mol. The summed E-state index contributed by atoms with van der Waals surface area (Å²) in [5.74, 6) is -0.0724. The van der Waals surface area contributed by atoms with E-state index < -0.39 is 5.91 Å². The van der Waals surface area contributed by atoms with E-state index in [1.54, 1.807) is 18.3 Å². The van der Waals surface area contributed by atoms with Crippen molar-refractivity contribution in [2.45, 2.75) is 0 Å². The standard InChI is InChI=1S/C14H12N4O2/c1-20-13-3-2-8(4-9(13)14(15)19)10-5-11-12(18-10)6-16-7-17-11/h2-7,18H,1H3,(H2,15,19). The highest BCUT2D eigenvalue weighted by Crippen LogP contribution is 2.27. The van der Waals surface area contributed by atoms with E-state index in [0.29, 0.717) is 11.3 Å². The van der Waals surface area contributed by atoms with Crippen LogP contribution in [0.2, 0.25) is 0 Å². The van der Waals surface area contributed by atoms with Gasteiger partial charge in [0.25, 0.3) is 5.91 Å². The summed E-state index contributed by atoms with van der Waals surface area (Å²) < 4.78 is 5.12. The fourth-order valence-electron chi connectivity index (χ4n) is 2.09. The Hall–Kier alpha value is -2.89. The van der Waals surface area contributed by atoms with Gasteiger partial charge in [-0.2, -0.15) is 0 Å². The number of benzene rings is 1. The first-order valence-corrected chi connectivity index (χ1v) is 5.96. The summed E-state index contributed by atoms with van der Waals surface area (Å²) in [5, 5.41) is 0. The molecule has 0 atom stereocenters. The number of rotatable bonds is 3. The molecule has 3 aromatic rings. The van der Waals surface area contributed by atoms with Gasteiger partial charge in [-0.25, -0.2) is 9.97 Å². The molecule has 2 aromatic heterocycles. The molecule has 100 valence electrons. The van der Waals surface area contributed by atoms with Crippen LogP contribution in [0.4, 0.5) is 0 Å². The molecule has 0 fully saturated rings. The number of hydrogen-bond donors (Lipinski definition) is 2. The maximum atomic E-state index is 11.4. The molecule has 0 aliphatic heterocycles. The number of aromatic amines is 1. The molecule has 3 rings (SSSR count). The fourth-order valence-corrected chi connectivity index (χ4v) is 2.09. The number of nitrogens with two attached hydrogens (primary N) is 1. The normalized spacial score (nSPS) is 10.7. The number of H-pyrrole nitrogens is 1. The number of methoxy groups -OCH3 is 1. The van der Waals surface area contributed by atoms with Crippen LogP contribution in [-0.4, -0.2) is 28.0 Å². The Morgan fingerprint density at radius 1 is 1.35 bits per heavy atom. The second kappa shape index (κ2) is 4.65. The number of aromatic nitrogens is 3. The highest BCUT2D eigenvalue weighted by Gasteiger charge is 2.12. The molecule has 0 aliphatic rings. The lowest BCUT2D eigenvalue weighted by Crippen LogP contribution is -2.12. The van der Waals surface area contributed by atoms with Gasteiger partial charge in [0.15, 0.2) is 0 Å². The van der Waals surface area contributed by atoms with E-state index in [1.807, 2.05) is 12.1 Å². The van der Waals surface area contributed by atoms with Gasteiger partial charge in [-0.05, 0) is 29.8 Å². The molecule has 0 bridgehead atoms. The molecule has 0 aliphatic carbocycles. The van der Waals surface area contributed by atoms with E-state index in [1.165, 1.54) is 13.4 Å². The summed E-state index contributed by atoms with van der Waals surface area (Å²) in [6, 6.07) is 7.15. The number of amides is 1. The van der Waals surface area contributed by atoms with E-state index in [-0.39, 0.29) is 0 Å². The quantitative estimate of drug-likeness (QED) is 0.756. The number of carbonyl (C=O) groups excluding carboxylic acids is 1. The van der Waals surface area contributed by atoms with Crippen molar-refractivity contribution in [3.8, 4) is 17.0 Å². The molecule has 20 heavy (non-hydrogen) atoms. The molecule has 6 nitrogen and oxygen atoms in total. The zero-order valence-corrected chi connectivity index (χ0v) is 10.8. The summed E-state index contributed by atoms with van der Waals surface area (Å²) in [4.78, 5) is 22.8. The second-order valence-electron chi connectivity index (χ2n) is 4.28. The Morgan fingerprint density at radius 2 is 2.20 bits per heavy atom. The van der Waals surface area contributed by atoms with Gasteiger partial charge in [0, 0.05) is 5.69 Å². The lowest BCUT2D eigenvalue weighted by molar-refractivity contribution is 0.0997. The number of nitrogens with one attached hydrogen (secondary N) is 1. The first kappa shape index (κ1) is 12.2. The van der Waals surface area contributed by atoms with Crippen LogP contribution in [-0.2, 0) is 0 Å². The van der Waals surface area contributed by atoms with Gasteiger partial charge in [0.2, 0.25) is 0 Å². The largest absolute Gasteiger partial charge is 0.496 e. The number of fused-ring (bicyclic) bond motifs is 1. The van der Waals surface area contributed by atoms with Gasteiger partial charge >= 0.3 is 0 Å². The van der Waals surface area contributed by atoms with Crippen LogP contribution in [0.1, 0.15) is 10.4 Å². The Kier molecular flexibility index (Phi) is 2.83. The van der Waals surface area contributed by atoms with Crippen molar-refractivity contribution in [3.63, 3.8) is 0 Å². The third-order valence-electron chi connectivity index (χ3n) is 3.07. The van der Waals surface area contributed by atoms with E-state index >= 15 is 0 Å². The monoisotopic (exact) mass is 268 g/mol. The van der Waals surface area contributed by atoms with E-state index in [2.05, 4.69) is 15.0 Å². The lowest BCUT2D eigenvalue weighted by Gasteiger charge is -2.07. The molecule has 1 aromatic carbocycles. The number of carbonyl (C=O) groups is 1. The second-order valence-corrected chi connectivity index (χ2v) is 4.28. The van der Waals surface area contributed by atoms with Crippen molar-refractivity contribution >= 4 is 16.9 Å². The highest BCUT2D eigenvalue weighted by atomic mass is 16.5. The molecular formula is C14H12N4O2. The number of primary amides is 1. The van der Waals surface area contributed by atoms with Crippen LogP contribution in [0.3, 0.4) is 0 Å². The fraction of sp³-hybridized carbons (Fsp3) is 0.0714. The van der Waals surface area contributed by atoms with Crippen LogP contribution in [0.25, 0.3) is 22.3 Å². The van der Waals surface area contributed by atoms with E-state index in [9.17, 15) is 4.79 Å². The number of ether oxygens (including phenoxy) is 1. The van der Waals surface area contributed by atoms with E-state index in [0.717, 1.165) is 22.3 Å². The topological polar surface area (TPSA) is 93.9 Å². The summed E-state index contributed by atoms with van der Waals surface area (Å²) in [5.41, 5.74) is 9.02. The molecule has 0 unspecified atom stereocenters. The van der Waals surface area contributed by atoms with Crippen molar-refractivity contribution in [1.29, 1.82) is 0 Å². The molecule has 0 radical (unpaired) electrons. The van der Waals surface area contributed by atoms with Crippen LogP contribution in [0, 0.1) is 0 Å². The van der Waals surface area contributed by atoms with Crippen molar-refractivity contribution in [1.82, 2.24) is 15.0 Å². The molecule has 6 heteroatoms. The first-order chi connectivity index (χ1) is 9.69. The average Bonchev–Trinajstić information content (AvgIpc) is 2.90. The minimum Gasteiger partial charge on any atom is -0.496 e. The molecule has 0 saturated carbocycles. The van der Waals surface area contributed by atoms with Gasteiger partial charge in [0.1, 0.15) is 12.1 Å². The third kappa shape index (κ3) is 1.97. The van der Waals surface area contributed by atoms with Crippen LogP contribution in [0.5, 0.6) is 5.75 Å². The number of hydrogen-bond acceptors (Lipinski definition) is 4. The summed E-state index contributed by atoms with van der Waals surface area (Å²) in [6.07, 6.45) is 3.19. The minimum atomic E-state index is -0.528. The van der Waals surface area contributed by atoms with Gasteiger partial charge in [-0.1, -0.05) is 0 Å². The maximum Gasteiger partial charge on any atom is 0.252 e. The van der Waals surface area contributed by atoms with Crippen molar-refractivity contribution in [2.24, 2.45) is 5.73 Å². The molecule has 0 spiro atoms. The predicted octanol–water partition coefficient (Wildman–Crippen LogP) is 1.73. The number of nitrogens with zero attached hydrogens (tertiary/aromatic N) is 2. The van der Waals surface area contributed by atoms with Crippen molar-refractivity contribution < 1.29 is 9.53 Å². The van der Waals surface area contributed by atoms with Crippen LogP contribution >= 0.6 is 0 Å². The summed E-state index contributed by atoms with van der Waals surface area (Å²) in [7, 11) is 1.50. The molecule has 0 saturated heterocycles. The summed E-state index contributed by atoms with van der Waals surface area (Å²) >= 11 is 0. The Morgan fingerprint density at radius 3 is 2.90 bits per heavy atom. The lowest BCUT2D eigenvalue weighted by atomic mass is 10.1. The Balaban J connectivity index is 2.14. The van der Waals surface area contributed by atoms with E-state index in [4.69, 9.17) is 10.5 Å². The first-order valence-electron chi connectivity index (χ1n) is 5.96. The van der Waals surface area contributed by atoms with Crippen LogP contribution < -0.4 is 10.5 Å². The third-order valence-corrected chi connectivity index (χ3v) is 3.07. The van der Waals surface area contributed by atoms with Gasteiger partial charge in [-0.15, -0.1) is 0 Å². The van der Waals surface area contributed by atoms with Crippen molar-refractivity contribution in [3.05, 3.63) is 42.4 Å². The van der Waals surface area contributed by atoms with Crippen LogP contribution in [0.15, 0.2) is 36.8 Å². The molecular weight excluding hydrogens is 256 g/mol.